The van der Waals surface area contributed by atoms with Crippen molar-refractivity contribution in [2.75, 3.05) is 11.1 Å². The number of hydrogen-bond donors (Lipinski definition) is 3. The Morgan fingerprint density at radius 3 is 2.22 bits per heavy atom. The van der Waals surface area contributed by atoms with E-state index in [2.05, 4.69) is 26.1 Å². The predicted molar refractivity (Wildman–Crippen MR) is 75.0 cm³/mol. The summed E-state index contributed by atoms with van der Waals surface area (Å²) in [5.74, 6) is -0.994. The van der Waals surface area contributed by atoms with E-state index in [9.17, 15) is 4.79 Å². The van der Waals surface area contributed by atoms with E-state index in [0.29, 0.717) is 5.69 Å². The minimum absolute atomic E-state index is 0.0528. The maximum absolute atomic E-state index is 10.9. The van der Waals surface area contributed by atoms with Crippen LogP contribution >= 0.6 is 0 Å². The Labute approximate surface area is 108 Å². The van der Waals surface area contributed by atoms with Crippen LogP contribution in [0.2, 0.25) is 0 Å². The maximum Gasteiger partial charge on any atom is 0.337 e. The second kappa shape index (κ2) is 5.76. The van der Waals surface area contributed by atoms with E-state index >= 15 is 0 Å². The summed E-state index contributed by atoms with van der Waals surface area (Å²) < 4.78 is 0. The van der Waals surface area contributed by atoms with Crippen LogP contribution in [-0.4, -0.2) is 16.6 Å². The minimum atomic E-state index is -0.994. The number of carboxylic acid groups (broad SMARTS) is 1. The molecule has 0 bridgehead atoms. The molecule has 0 radical (unpaired) electrons. The standard InChI is InChI=1S/C14H22N2O2/c1-4-14(5-2,6-3)16-10-7-8-11(13(17)18)12(15)9-10/h7-9,16H,4-6,15H2,1-3H3,(H,17,18). The molecule has 100 valence electrons. The smallest absolute Gasteiger partial charge is 0.337 e. The Bertz CT molecular complexity index is 418. The Kier molecular flexibility index (Phi) is 4.59. The molecule has 1 rings (SSSR count). The molecule has 0 aliphatic rings. The van der Waals surface area contributed by atoms with E-state index in [4.69, 9.17) is 10.8 Å². The molecule has 18 heavy (non-hydrogen) atoms. The van der Waals surface area contributed by atoms with Crippen LogP contribution in [0.5, 0.6) is 0 Å². The summed E-state index contributed by atoms with van der Waals surface area (Å²) in [7, 11) is 0. The van der Waals surface area contributed by atoms with Gasteiger partial charge in [0.25, 0.3) is 0 Å². The van der Waals surface area contributed by atoms with Gasteiger partial charge in [-0.05, 0) is 37.5 Å². The second-order valence-electron chi connectivity index (χ2n) is 4.57. The van der Waals surface area contributed by atoms with E-state index < -0.39 is 5.97 Å². The van der Waals surface area contributed by atoms with E-state index in [-0.39, 0.29) is 11.1 Å². The number of hydrogen-bond acceptors (Lipinski definition) is 3. The molecule has 0 atom stereocenters. The number of nitrogens with two attached hydrogens (primary N) is 1. The van der Waals surface area contributed by atoms with Crippen LogP contribution in [0.1, 0.15) is 50.4 Å². The van der Waals surface area contributed by atoms with Crippen molar-refractivity contribution in [3.05, 3.63) is 23.8 Å². The zero-order valence-electron chi connectivity index (χ0n) is 11.3. The van der Waals surface area contributed by atoms with Gasteiger partial charge in [-0.1, -0.05) is 20.8 Å². The molecule has 0 unspecified atom stereocenters. The van der Waals surface area contributed by atoms with Crippen molar-refractivity contribution in [3.63, 3.8) is 0 Å². The number of carboxylic acids is 1. The molecular weight excluding hydrogens is 228 g/mol. The lowest BCUT2D eigenvalue weighted by Gasteiger charge is -2.33. The van der Waals surface area contributed by atoms with Crippen LogP contribution in [0.3, 0.4) is 0 Å². The third kappa shape index (κ3) is 2.94. The Balaban J connectivity index is 2.98. The van der Waals surface area contributed by atoms with Crippen molar-refractivity contribution < 1.29 is 9.90 Å². The summed E-state index contributed by atoms with van der Waals surface area (Å²) in [6.07, 6.45) is 3.04. The van der Waals surface area contributed by atoms with Gasteiger partial charge in [0.05, 0.1) is 5.56 Å². The highest BCUT2D eigenvalue weighted by Crippen LogP contribution is 2.27. The van der Waals surface area contributed by atoms with Crippen molar-refractivity contribution in [3.8, 4) is 0 Å². The van der Waals surface area contributed by atoms with E-state index in [1.54, 1.807) is 18.2 Å². The lowest BCUT2D eigenvalue weighted by molar-refractivity contribution is 0.0698. The number of nitrogens with one attached hydrogen (secondary N) is 1. The molecule has 4 N–H and O–H groups in total. The molecule has 4 heteroatoms. The Morgan fingerprint density at radius 1 is 1.28 bits per heavy atom. The summed E-state index contributed by atoms with van der Waals surface area (Å²) in [5.41, 5.74) is 7.12. The molecule has 0 aliphatic carbocycles. The van der Waals surface area contributed by atoms with E-state index in [1.165, 1.54) is 0 Å². The molecule has 4 nitrogen and oxygen atoms in total. The lowest BCUT2D eigenvalue weighted by atomic mass is 9.89. The number of anilines is 2. The van der Waals surface area contributed by atoms with Gasteiger partial charge >= 0.3 is 5.97 Å². The molecule has 0 aliphatic heterocycles. The predicted octanol–water partition coefficient (Wildman–Crippen LogP) is 3.35. The summed E-state index contributed by atoms with van der Waals surface area (Å²) in [6.45, 7) is 6.44. The molecule has 0 saturated carbocycles. The maximum atomic E-state index is 10.9. The first-order chi connectivity index (χ1) is 8.48. The van der Waals surface area contributed by atoms with Gasteiger partial charge in [0, 0.05) is 16.9 Å². The Morgan fingerprint density at radius 2 is 1.83 bits per heavy atom. The van der Waals surface area contributed by atoms with E-state index in [0.717, 1.165) is 24.9 Å². The van der Waals surface area contributed by atoms with E-state index in [1.807, 2.05) is 0 Å². The van der Waals surface area contributed by atoms with Crippen molar-refractivity contribution in [2.45, 2.75) is 45.6 Å². The summed E-state index contributed by atoms with van der Waals surface area (Å²) >= 11 is 0. The van der Waals surface area contributed by atoms with Crippen LogP contribution in [-0.2, 0) is 0 Å². The van der Waals surface area contributed by atoms with Crippen LogP contribution in [0.25, 0.3) is 0 Å². The number of carbonyl (C=O) groups is 1. The normalized spacial score (nSPS) is 11.3. The topological polar surface area (TPSA) is 75.3 Å². The monoisotopic (exact) mass is 250 g/mol. The molecule has 0 saturated heterocycles. The number of rotatable bonds is 6. The van der Waals surface area contributed by atoms with Crippen LogP contribution in [0.4, 0.5) is 11.4 Å². The van der Waals surface area contributed by atoms with Crippen molar-refractivity contribution >= 4 is 17.3 Å². The highest BCUT2D eigenvalue weighted by Gasteiger charge is 2.23. The van der Waals surface area contributed by atoms with Gasteiger partial charge in [-0.2, -0.15) is 0 Å². The number of nitrogen functional groups attached to an aromatic ring is 1. The molecule has 1 aromatic rings. The highest BCUT2D eigenvalue weighted by molar-refractivity contribution is 5.94. The SMILES string of the molecule is CCC(CC)(CC)Nc1ccc(C(=O)O)c(N)c1. The van der Waals surface area contributed by atoms with Crippen molar-refractivity contribution in [1.29, 1.82) is 0 Å². The molecule has 0 aromatic heterocycles. The van der Waals surface area contributed by atoms with Crippen LogP contribution < -0.4 is 11.1 Å². The summed E-state index contributed by atoms with van der Waals surface area (Å²) in [6, 6.07) is 5.01. The van der Waals surface area contributed by atoms with Gasteiger partial charge in [0.1, 0.15) is 0 Å². The van der Waals surface area contributed by atoms with Gasteiger partial charge in [-0.25, -0.2) is 4.79 Å². The van der Waals surface area contributed by atoms with Crippen molar-refractivity contribution in [2.24, 2.45) is 0 Å². The lowest BCUT2D eigenvalue weighted by Crippen LogP contribution is -2.36. The van der Waals surface area contributed by atoms with Gasteiger partial charge in [-0.3, -0.25) is 0 Å². The fourth-order valence-electron chi connectivity index (χ4n) is 2.16. The first kappa shape index (κ1) is 14.4. The molecule has 0 fully saturated rings. The third-order valence-electron chi connectivity index (χ3n) is 3.72. The quantitative estimate of drug-likeness (QED) is 0.677. The summed E-state index contributed by atoms with van der Waals surface area (Å²) in [4.78, 5) is 10.9. The average molecular weight is 250 g/mol. The highest BCUT2D eigenvalue weighted by atomic mass is 16.4. The molecule has 0 spiro atoms. The molecule has 1 aromatic carbocycles. The summed E-state index contributed by atoms with van der Waals surface area (Å²) in [5, 5.41) is 12.4. The molecule has 0 amide bonds. The van der Waals surface area contributed by atoms with Gasteiger partial charge in [0.2, 0.25) is 0 Å². The average Bonchev–Trinajstić information content (AvgIpc) is 2.36. The van der Waals surface area contributed by atoms with Gasteiger partial charge < -0.3 is 16.2 Å². The zero-order valence-corrected chi connectivity index (χ0v) is 11.3. The fourth-order valence-corrected chi connectivity index (χ4v) is 2.16. The number of benzene rings is 1. The minimum Gasteiger partial charge on any atom is -0.478 e. The van der Waals surface area contributed by atoms with Crippen molar-refractivity contribution in [1.82, 2.24) is 0 Å². The van der Waals surface area contributed by atoms with Gasteiger partial charge in [-0.15, -0.1) is 0 Å². The first-order valence-corrected chi connectivity index (χ1v) is 6.39. The fraction of sp³-hybridized carbons (Fsp3) is 0.500. The van der Waals surface area contributed by atoms with Crippen LogP contribution in [0.15, 0.2) is 18.2 Å². The second-order valence-corrected chi connectivity index (χ2v) is 4.57. The largest absolute Gasteiger partial charge is 0.478 e. The van der Waals surface area contributed by atoms with Crippen LogP contribution in [0, 0.1) is 0 Å². The first-order valence-electron chi connectivity index (χ1n) is 6.39. The Hall–Kier alpha value is -1.71. The zero-order chi connectivity index (χ0) is 13.8. The molecule has 0 heterocycles. The van der Waals surface area contributed by atoms with Gasteiger partial charge in [0.15, 0.2) is 0 Å². The third-order valence-corrected chi connectivity index (χ3v) is 3.72. The number of aromatic carboxylic acids is 1. The molecular formula is C14H22N2O2.